The number of methoxy groups -OCH3 is 1. The molecule has 0 atom stereocenters. The van der Waals surface area contributed by atoms with Gasteiger partial charge in [-0.1, -0.05) is 36.5 Å². The molecule has 0 aromatic heterocycles. The monoisotopic (exact) mass is 258 g/mol. The number of ether oxygens (including phenoxy) is 1. The van der Waals surface area contributed by atoms with E-state index in [1.807, 2.05) is 0 Å². The third kappa shape index (κ3) is 4.56. The molecule has 0 saturated carbocycles. The molecule has 0 aliphatic rings. The number of alkyl halides is 2. The highest BCUT2D eigenvalue weighted by Crippen LogP contribution is 2.40. The van der Waals surface area contributed by atoms with Crippen LogP contribution < -0.4 is 0 Å². The highest BCUT2D eigenvalue weighted by Gasteiger charge is 2.33. The second-order valence-electron chi connectivity index (χ2n) is 3.32. The summed E-state index contributed by atoms with van der Waals surface area (Å²) in [4.78, 5) is 11.4. The maximum atomic E-state index is 13.6. The molecule has 5 heteroatoms. The van der Waals surface area contributed by atoms with Crippen molar-refractivity contribution in [3.05, 3.63) is 42.5 Å². The van der Waals surface area contributed by atoms with Gasteiger partial charge in [-0.3, -0.25) is 0 Å². The summed E-state index contributed by atoms with van der Waals surface area (Å²) in [5, 5.41) is -3.08. The van der Waals surface area contributed by atoms with E-state index in [-0.39, 0.29) is 5.57 Å². The fourth-order valence-electron chi connectivity index (χ4n) is 1.16. The minimum Gasteiger partial charge on any atom is -0.466 e. The molecule has 0 aliphatic carbocycles. The van der Waals surface area contributed by atoms with Gasteiger partial charge in [0.05, 0.1) is 13.5 Å². The van der Waals surface area contributed by atoms with Crippen molar-refractivity contribution >= 4 is 17.7 Å². The molecule has 0 aliphatic heterocycles. The number of benzene rings is 1. The minimum absolute atomic E-state index is 0.235. The largest absolute Gasteiger partial charge is 0.466 e. The Hall–Kier alpha value is -1.36. The number of carbonyl (C=O) groups excluding carboxylic acids is 1. The molecule has 0 unspecified atom stereocenters. The van der Waals surface area contributed by atoms with Gasteiger partial charge >= 0.3 is 11.2 Å². The van der Waals surface area contributed by atoms with Crippen molar-refractivity contribution in [3.8, 4) is 0 Å². The molecular formula is C12H12F2O2S. The molecule has 0 fully saturated rings. The number of carbonyl (C=O) groups is 1. The van der Waals surface area contributed by atoms with Gasteiger partial charge in [0.2, 0.25) is 0 Å². The van der Waals surface area contributed by atoms with E-state index in [0.717, 1.165) is 7.11 Å². The van der Waals surface area contributed by atoms with Gasteiger partial charge in [-0.05, 0) is 12.1 Å². The predicted octanol–water partition coefficient (Wildman–Crippen LogP) is 3.49. The van der Waals surface area contributed by atoms with Crippen molar-refractivity contribution in [2.45, 2.75) is 16.6 Å². The van der Waals surface area contributed by atoms with Crippen molar-refractivity contribution in [3.63, 3.8) is 0 Å². The van der Waals surface area contributed by atoms with Crippen LogP contribution in [0, 0.1) is 0 Å². The summed E-state index contributed by atoms with van der Waals surface area (Å²) in [5.74, 6) is -0.807. The second-order valence-corrected chi connectivity index (χ2v) is 4.60. The summed E-state index contributed by atoms with van der Waals surface area (Å²) in [6, 6.07) is 8.26. The Morgan fingerprint density at radius 3 is 2.53 bits per heavy atom. The van der Waals surface area contributed by atoms with Crippen molar-refractivity contribution < 1.29 is 18.3 Å². The van der Waals surface area contributed by atoms with Crippen molar-refractivity contribution in [2.24, 2.45) is 0 Å². The molecule has 0 amide bonds. The first-order valence-corrected chi connectivity index (χ1v) is 5.64. The summed E-state index contributed by atoms with van der Waals surface area (Å²) in [7, 11) is 1.13. The van der Waals surface area contributed by atoms with Gasteiger partial charge in [-0.15, -0.1) is 0 Å². The van der Waals surface area contributed by atoms with Crippen LogP contribution in [0.25, 0.3) is 0 Å². The Bertz CT molecular complexity index is 404. The number of esters is 1. The Labute approximate surface area is 103 Å². The van der Waals surface area contributed by atoms with E-state index in [9.17, 15) is 13.6 Å². The van der Waals surface area contributed by atoms with Crippen LogP contribution in [0.4, 0.5) is 8.78 Å². The number of hydrogen-bond donors (Lipinski definition) is 0. The van der Waals surface area contributed by atoms with Gasteiger partial charge in [0.1, 0.15) is 0 Å². The molecule has 2 nitrogen and oxygen atoms in total. The van der Waals surface area contributed by atoms with E-state index in [2.05, 4.69) is 11.3 Å². The normalized spacial score (nSPS) is 11.0. The SMILES string of the molecule is C=C(CC(F)(F)Sc1ccccc1)C(=O)OC. The van der Waals surface area contributed by atoms with Gasteiger partial charge in [0, 0.05) is 10.5 Å². The lowest BCUT2D eigenvalue weighted by molar-refractivity contribution is -0.136. The zero-order chi connectivity index (χ0) is 12.9. The molecule has 0 heterocycles. The van der Waals surface area contributed by atoms with Crippen LogP contribution in [0.1, 0.15) is 6.42 Å². The number of thioether (sulfide) groups is 1. The fraction of sp³-hybridized carbons (Fsp3) is 0.250. The molecule has 1 rings (SSSR count). The Morgan fingerprint density at radius 1 is 1.41 bits per heavy atom. The summed E-state index contributed by atoms with van der Waals surface area (Å²) in [6.07, 6.45) is -0.723. The van der Waals surface area contributed by atoms with E-state index >= 15 is 0 Å². The highest BCUT2D eigenvalue weighted by atomic mass is 32.2. The van der Waals surface area contributed by atoms with Crippen LogP contribution in [0.2, 0.25) is 0 Å². The molecule has 0 bridgehead atoms. The summed E-state index contributed by atoms with van der Waals surface area (Å²) in [5.41, 5.74) is -0.235. The maximum absolute atomic E-state index is 13.6. The maximum Gasteiger partial charge on any atom is 0.333 e. The molecular weight excluding hydrogens is 246 g/mol. The van der Waals surface area contributed by atoms with E-state index in [0.29, 0.717) is 16.7 Å². The number of halogens is 2. The molecule has 0 spiro atoms. The van der Waals surface area contributed by atoms with Crippen LogP contribution in [0.5, 0.6) is 0 Å². The van der Waals surface area contributed by atoms with Gasteiger partial charge in [0.25, 0.3) is 0 Å². The van der Waals surface area contributed by atoms with Crippen molar-refractivity contribution in [1.29, 1.82) is 0 Å². The molecule has 1 aromatic carbocycles. The van der Waals surface area contributed by atoms with Gasteiger partial charge in [-0.25, -0.2) is 4.79 Å². The van der Waals surface area contributed by atoms with Gasteiger partial charge in [-0.2, -0.15) is 8.78 Å². The first-order chi connectivity index (χ1) is 7.94. The highest BCUT2D eigenvalue weighted by molar-refractivity contribution is 8.00. The van der Waals surface area contributed by atoms with Gasteiger partial charge < -0.3 is 4.74 Å². The first kappa shape index (κ1) is 13.7. The Kier molecular flexibility index (Phi) is 4.69. The van der Waals surface area contributed by atoms with E-state index in [1.54, 1.807) is 30.3 Å². The molecule has 92 valence electrons. The predicted molar refractivity (Wildman–Crippen MR) is 63.0 cm³/mol. The summed E-state index contributed by atoms with van der Waals surface area (Å²) >= 11 is 0.400. The fourth-order valence-corrected chi connectivity index (χ4v) is 2.05. The summed E-state index contributed by atoms with van der Waals surface area (Å²) in [6.45, 7) is 3.28. The molecule has 17 heavy (non-hydrogen) atoms. The number of hydrogen-bond acceptors (Lipinski definition) is 3. The average Bonchev–Trinajstić information content (AvgIpc) is 2.27. The van der Waals surface area contributed by atoms with Crippen LogP contribution in [0.3, 0.4) is 0 Å². The lowest BCUT2D eigenvalue weighted by Crippen LogP contribution is -2.16. The molecule has 0 N–H and O–H groups in total. The summed E-state index contributed by atoms with van der Waals surface area (Å²) < 4.78 is 31.4. The third-order valence-electron chi connectivity index (χ3n) is 1.90. The Morgan fingerprint density at radius 2 is 2.00 bits per heavy atom. The van der Waals surface area contributed by atoms with Crippen molar-refractivity contribution in [1.82, 2.24) is 0 Å². The lowest BCUT2D eigenvalue weighted by atomic mass is 10.2. The second kappa shape index (κ2) is 5.82. The standard InChI is InChI=1S/C12H12F2O2S/c1-9(11(15)16-2)8-12(13,14)17-10-6-4-3-5-7-10/h3-7H,1,8H2,2H3. The van der Waals surface area contributed by atoms with Gasteiger partial charge in [0.15, 0.2) is 0 Å². The zero-order valence-electron chi connectivity index (χ0n) is 9.28. The molecule has 0 saturated heterocycles. The van der Waals surface area contributed by atoms with E-state index in [4.69, 9.17) is 0 Å². The quantitative estimate of drug-likeness (QED) is 0.459. The van der Waals surface area contributed by atoms with Crippen LogP contribution in [-0.2, 0) is 9.53 Å². The zero-order valence-corrected chi connectivity index (χ0v) is 10.1. The van der Waals surface area contributed by atoms with Crippen molar-refractivity contribution in [2.75, 3.05) is 7.11 Å². The third-order valence-corrected chi connectivity index (χ3v) is 2.85. The lowest BCUT2D eigenvalue weighted by Gasteiger charge is -2.15. The Balaban J connectivity index is 2.63. The number of rotatable bonds is 5. The van der Waals surface area contributed by atoms with Crippen LogP contribution in [-0.4, -0.2) is 18.3 Å². The first-order valence-electron chi connectivity index (χ1n) is 4.82. The van der Waals surface area contributed by atoms with Crippen LogP contribution >= 0.6 is 11.8 Å². The smallest absolute Gasteiger partial charge is 0.333 e. The van der Waals surface area contributed by atoms with E-state index in [1.165, 1.54) is 0 Å². The van der Waals surface area contributed by atoms with E-state index < -0.39 is 17.6 Å². The molecule has 1 aromatic rings. The molecule has 0 radical (unpaired) electrons. The minimum atomic E-state index is -3.08. The van der Waals surface area contributed by atoms with Crippen LogP contribution in [0.15, 0.2) is 47.4 Å². The average molecular weight is 258 g/mol. The topological polar surface area (TPSA) is 26.3 Å².